The normalized spacial score (nSPS) is 30.0. The minimum absolute atomic E-state index is 0.0876. The molecule has 4 heterocycles. The lowest BCUT2D eigenvalue weighted by molar-refractivity contribution is 0.0941. The van der Waals surface area contributed by atoms with Crippen molar-refractivity contribution in [2.45, 2.75) is 50.0 Å². The van der Waals surface area contributed by atoms with Crippen molar-refractivity contribution in [1.29, 1.82) is 0 Å². The van der Waals surface area contributed by atoms with Gasteiger partial charge in [-0.15, -0.1) is 0 Å². The van der Waals surface area contributed by atoms with E-state index < -0.39 is 0 Å². The quantitative estimate of drug-likeness (QED) is 0.831. The average molecular weight is 391 g/mol. The molecular weight excluding hydrogens is 360 g/mol. The Morgan fingerprint density at radius 2 is 1.96 bits per heavy atom. The van der Waals surface area contributed by atoms with Crippen LogP contribution in [-0.4, -0.2) is 71.8 Å². The van der Waals surface area contributed by atoms with Gasteiger partial charge in [0.05, 0.1) is 18.9 Å². The SMILES string of the molecule is O=c1[nH]c(N2CCOCC2)nc2c1CCC21CCCN(C2CCSCC2)C1. The van der Waals surface area contributed by atoms with E-state index >= 15 is 0 Å². The van der Waals surface area contributed by atoms with Gasteiger partial charge in [0.25, 0.3) is 5.56 Å². The summed E-state index contributed by atoms with van der Waals surface area (Å²) in [7, 11) is 0. The van der Waals surface area contributed by atoms with Gasteiger partial charge in [0, 0.05) is 36.7 Å². The standard InChI is InChI=1S/C20H30N4O2S/c25-18-16-2-6-20(5-1-7-24(14-20)15-3-12-27-13-4-15)17(16)21-19(22-18)23-8-10-26-11-9-23/h15H,1-14H2,(H,21,22,25). The second-order valence-electron chi connectivity index (χ2n) is 8.51. The van der Waals surface area contributed by atoms with Crippen molar-refractivity contribution < 1.29 is 4.74 Å². The molecule has 1 aromatic heterocycles. The monoisotopic (exact) mass is 390 g/mol. The van der Waals surface area contributed by atoms with E-state index in [1.54, 1.807) is 0 Å². The molecule has 3 aliphatic heterocycles. The Morgan fingerprint density at radius 3 is 2.78 bits per heavy atom. The Kier molecular flexibility index (Phi) is 4.94. The van der Waals surface area contributed by atoms with Gasteiger partial charge in [-0.2, -0.15) is 11.8 Å². The molecule has 1 atom stereocenters. The minimum Gasteiger partial charge on any atom is -0.378 e. The Morgan fingerprint density at radius 1 is 1.15 bits per heavy atom. The van der Waals surface area contributed by atoms with Gasteiger partial charge >= 0.3 is 0 Å². The highest BCUT2D eigenvalue weighted by Gasteiger charge is 2.46. The molecule has 1 N–H and O–H groups in total. The number of anilines is 1. The predicted molar refractivity (Wildman–Crippen MR) is 109 cm³/mol. The molecule has 0 saturated carbocycles. The number of rotatable bonds is 2. The predicted octanol–water partition coefficient (Wildman–Crippen LogP) is 1.78. The van der Waals surface area contributed by atoms with E-state index in [2.05, 4.69) is 26.5 Å². The summed E-state index contributed by atoms with van der Waals surface area (Å²) in [6, 6.07) is 0.730. The summed E-state index contributed by atoms with van der Waals surface area (Å²) in [6.07, 6.45) is 7.00. The van der Waals surface area contributed by atoms with Crippen LogP contribution in [0.25, 0.3) is 0 Å². The fourth-order valence-electron chi connectivity index (χ4n) is 5.49. The van der Waals surface area contributed by atoms with Crippen molar-refractivity contribution in [3.8, 4) is 0 Å². The molecule has 0 bridgehead atoms. The van der Waals surface area contributed by atoms with Crippen LogP contribution >= 0.6 is 11.8 Å². The fraction of sp³-hybridized carbons (Fsp3) is 0.800. The van der Waals surface area contributed by atoms with E-state index in [1.165, 1.54) is 43.7 Å². The van der Waals surface area contributed by atoms with Crippen LogP contribution in [0.4, 0.5) is 5.95 Å². The maximum Gasteiger partial charge on any atom is 0.255 e. The van der Waals surface area contributed by atoms with E-state index in [0.29, 0.717) is 13.2 Å². The maximum absolute atomic E-state index is 12.8. The van der Waals surface area contributed by atoms with Gasteiger partial charge in [-0.25, -0.2) is 4.98 Å². The number of H-pyrrole nitrogens is 1. The molecule has 0 amide bonds. The van der Waals surface area contributed by atoms with Gasteiger partial charge in [0.2, 0.25) is 5.95 Å². The summed E-state index contributed by atoms with van der Waals surface area (Å²) in [5, 5.41) is 0. The Bertz CT molecular complexity index is 742. The highest BCUT2D eigenvalue weighted by Crippen LogP contribution is 2.44. The lowest BCUT2D eigenvalue weighted by Gasteiger charge is -2.45. The molecule has 1 spiro atoms. The number of fused-ring (bicyclic) bond motifs is 2. The number of thioether (sulfide) groups is 1. The van der Waals surface area contributed by atoms with Crippen molar-refractivity contribution in [3.05, 3.63) is 21.6 Å². The molecule has 1 aromatic rings. The zero-order valence-corrected chi connectivity index (χ0v) is 16.9. The number of aromatic amines is 1. The summed E-state index contributed by atoms with van der Waals surface area (Å²) in [4.78, 5) is 25.9. The molecule has 3 fully saturated rings. The highest BCUT2D eigenvalue weighted by molar-refractivity contribution is 7.99. The fourth-order valence-corrected chi connectivity index (χ4v) is 6.57. The van der Waals surface area contributed by atoms with E-state index in [0.717, 1.165) is 55.7 Å². The third kappa shape index (κ3) is 3.32. The zero-order valence-electron chi connectivity index (χ0n) is 16.0. The molecule has 0 radical (unpaired) electrons. The van der Waals surface area contributed by atoms with Gasteiger partial charge in [0.15, 0.2) is 0 Å². The van der Waals surface area contributed by atoms with Crippen LogP contribution in [0.2, 0.25) is 0 Å². The van der Waals surface area contributed by atoms with Gasteiger partial charge in [-0.05, 0) is 56.6 Å². The number of nitrogens with one attached hydrogen (secondary N) is 1. The van der Waals surface area contributed by atoms with Crippen LogP contribution in [-0.2, 0) is 16.6 Å². The average Bonchev–Trinajstić information content (AvgIpc) is 3.07. The molecule has 6 nitrogen and oxygen atoms in total. The molecule has 0 aromatic carbocycles. The first-order valence-corrected chi connectivity index (χ1v) is 11.7. The molecular formula is C20H30N4O2S. The summed E-state index contributed by atoms with van der Waals surface area (Å²) in [6.45, 7) is 5.33. The Balaban J connectivity index is 1.45. The van der Waals surface area contributed by atoms with Crippen molar-refractivity contribution >= 4 is 17.7 Å². The first-order valence-electron chi connectivity index (χ1n) is 10.5. The van der Waals surface area contributed by atoms with Crippen molar-refractivity contribution in [3.63, 3.8) is 0 Å². The van der Waals surface area contributed by atoms with Crippen LogP contribution < -0.4 is 10.5 Å². The molecule has 3 saturated heterocycles. The minimum atomic E-state index is 0.0876. The number of likely N-dealkylation sites (tertiary alicyclic amines) is 1. The molecule has 27 heavy (non-hydrogen) atoms. The molecule has 148 valence electrons. The zero-order chi connectivity index (χ0) is 18.3. The smallest absolute Gasteiger partial charge is 0.255 e. The van der Waals surface area contributed by atoms with Gasteiger partial charge in [-0.3, -0.25) is 14.7 Å². The molecule has 5 rings (SSSR count). The van der Waals surface area contributed by atoms with Crippen molar-refractivity contribution in [2.75, 3.05) is 55.8 Å². The van der Waals surface area contributed by atoms with Crippen LogP contribution in [0, 0.1) is 0 Å². The second-order valence-corrected chi connectivity index (χ2v) is 9.74. The Hall–Kier alpha value is -1.05. The first-order chi connectivity index (χ1) is 13.3. The molecule has 4 aliphatic rings. The lowest BCUT2D eigenvalue weighted by Crippen LogP contribution is -2.50. The summed E-state index contributed by atoms with van der Waals surface area (Å²) in [5.41, 5.74) is 2.24. The number of aromatic nitrogens is 2. The van der Waals surface area contributed by atoms with E-state index in [9.17, 15) is 4.79 Å². The van der Waals surface area contributed by atoms with E-state index in [1.807, 2.05) is 0 Å². The first kappa shape index (κ1) is 18.0. The number of hydrogen-bond acceptors (Lipinski definition) is 6. The third-order valence-corrected chi connectivity index (χ3v) is 8.03. The van der Waals surface area contributed by atoms with Crippen LogP contribution in [0.15, 0.2) is 4.79 Å². The van der Waals surface area contributed by atoms with Crippen molar-refractivity contribution in [2.24, 2.45) is 0 Å². The number of ether oxygens (including phenoxy) is 1. The molecule has 1 aliphatic carbocycles. The summed E-state index contributed by atoms with van der Waals surface area (Å²) < 4.78 is 5.47. The second kappa shape index (κ2) is 7.41. The largest absolute Gasteiger partial charge is 0.378 e. The third-order valence-electron chi connectivity index (χ3n) is 6.98. The number of nitrogens with zero attached hydrogens (tertiary/aromatic N) is 3. The van der Waals surface area contributed by atoms with Crippen LogP contribution in [0.3, 0.4) is 0 Å². The molecule has 7 heteroatoms. The summed E-state index contributed by atoms with van der Waals surface area (Å²) >= 11 is 2.09. The van der Waals surface area contributed by atoms with Gasteiger partial charge in [-0.1, -0.05) is 0 Å². The lowest BCUT2D eigenvalue weighted by atomic mass is 9.77. The number of piperidine rings is 1. The Labute approximate surface area is 165 Å². The van der Waals surface area contributed by atoms with Crippen molar-refractivity contribution in [1.82, 2.24) is 14.9 Å². The van der Waals surface area contributed by atoms with Gasteiger partial charge in [0.1, 0.15) is 0 Å². The van der Waals surface area contributed by atoms with Gasteiger partial charge < -0.3 is 9.64 Å². The summed E-state index contributed by atoms with van der Waals surface area (Å²) in [5.74, 6) is 3.35. The maximum atomic E-state index is 12.8. The van der Waals surface area contributed by atoms with E-state index in [-0.39, 0.29) is 11.0 Å². The number of hydrogen-bond donors (Lipinski definition) is 1. The number of morpholine rings is 1. The topological polar surface area (TPSA) is 61.5 Å². The molecule has 1 unspecified atom stereocenters. The van der Waals surface area contributed by atoms with Crippen LogP contribution in [0.5, 0.6) is 0 Å². The highest BCUT2D eigenvalue weighted by atomic mass is 32.2. The van der Waals surface area contributed by atoms with Crippen LogP contribution in [0.1, 0.15) is 43.4 Å². The van der Waals surface area contributed by atoms with E-state index in [4.69, 9.17) is 9.72 Å².